The van der Waals surface area contributed by atoms with Crippen molar-refractivity contribution < 1.29 is 18.0 Å². The van der Waals surface area contributed by atoms with Crippen LogP contribution in [0, 0.1) is 0 Å². The first-order valence-electron chi connectivity index (χ1n) is 10.1. The van der Waals surface area contributed by atoms with Crippen molar-refractivity contribution in [1.82, 2.24) is 10.2 Å². The zero-order valence-electron chi connectivity index (χ0n) is 18.2. The van der Waals surface area contributed by atoms with Gasteiger partial charge in [-0.3, -0.25) is 13.9 Å². The SMILES string of the molecule is CCCNC(=O)C(C)N(Cc1cccc(Cl)c1)C(=O)CN(c1cccc(Br)c1)S(C)(=O)=O. The summed E-state index contributed by atoms with van der Waals surface area (Å²) in [7, 11) is -3.76. The molecule has 7 nitrogen and oxygen atoms in total. The van der Waals surface area contributed by atoms with Gasteiger partial charge in [0.05, 0.1) is 11.9 Å². The molecule has 0 spiro atoms. The Hall–Kier alpha value is -2.10. The van der Waals surface area contributed by atoms with E-state index in [2.05, 4.69) is 21.2 Å². The number of rotatable bonds is 10. The summed E-state index contributed by atoms with van der Waals surface area (Å²) in [6, 6.07) is 12.8. The number of benzene rings is 2. The van der Waals surface area contributed by atoms with Crippen LogP contribution in [0.25, 0.3) is 0 Å². The minimum atomic E-state index is -3.76. The van der Waals surface area contributed by atoms with Crippen LogP contribution in [0.4, 0.5) is 5.69 Å². The number of amides is 2. The number of halogens is 2. The molecule has 2 aromatic carbocycles. The summed E-state index contributed by atoms with van der Waals surface area (Å²) >= 11 is 9.41. The van der Waals surface area contributed by atoms with E-state index in [9.17, 15) is 18.0 Å². The van der Waals surface area contributed by atoms with E-state index in [1.54, 1.807) is 55.5 Å². The van der Waals surface area contributed by atoms with Gasteiger partial charge in [-0.25, -0.2) is 8.42 Å². The standard InChI is InChI=1S/C22H27BrClN3O4S/c1-4-11-25-22(29)16(2)26(14-17-7-5-9-19(24)12-17)21(28)15-27(32(3,30)31)20-10-6-8-18(23)13-20/h5-10,12-13,16H,4,11,14-15H2,1-3H3,(H,25,29). The molecule has 10 heteroatoms. The fourth-order valence-corrected chi connectivity index (χ4v) is 4.50. The van der Waals surface area contributed by atoms with Gasteiger partial charge in [0.1, 0.15) is 12.6 Å². The van der Waals surface area contributed by atoms with Gasteiger partial charge in [-0.15, -0.1) is 0 Å². The summed E-state index contributed by atoms with van der Waals surface area (Å²) < 4.78 is 26.7. The minimum Gasteiger partial charge on any atom is -0.354 e. The first-order chi connectivity index (χ1) is 15.0. The van der Waals surface area contributed by atoms with Crippen LogP contribution >= 0.6 is 27.5 Å². The number of anilines is 1. The molecule has 1 atom stereocenters. The number of nitrogens with one attached hydrogen (secondary N) is 1. The maximum absolute atomic E-state index is 13.4. The van der Waals surface area contributed by atoms with E-state index < -0.39 is 28.5 Å². The number of sulfonamides is 1. The third-order valence-electron chi connectivity index (χ3n) is 4.73. The third-order valence-corrected chi connectivity index (χ3v) is 6.60. The van der Waals surface area contributed by atoms with Crippen molar-refractivity contribution >= 4 is 55.1 Å². The average Bonchev–Trinajstić information content (AvgIpc) is 2.72. The maximum Gasteiger partial charge on any atom is 0.244 e. The van der Waals surface area contributed by atoms with Crippen molar-refractivity contribution in [2.75, 3.05) is 23.7 Å². The quantitative estimate of drug-likeness (QED) is 0.493. The number of carbonyl (C=O) groups is 2. The Kier molecular flexibility index (Phi) is 9.54. The topological polar surface area (TPSA) is 86.8 Å². The van der Waals surface area contributed by atoms with Gasteiger partial charge in [-0.2, -0.15) is 0 Å². The molecule has 32 heavy (non-hydrogen) atoms. The second kappa shape index (κ2) is 11.7. The molecule has 0 aromatic heterocycles. The summed E-state index contributed by atoms with van der Waals surface area (Å²) in [5.74, 6) is -0.815. The first-order valence-corrected chi connectivity index (χ1v) is 13.1. The van der Waals surface area contributed by atoms with Crippen LogP contribution in [-0.2, 0) is 26.2 Å². The predicted molar refractivity (Wildman–Crippen MR) is 131 cm³/mol. The summed E-state index contributed by atoms with van der Waals surface area (Å²) in [6.07, 6.45) is 1.80. The van der Waals surface area contributed by atoms with E-state index in [-0.39, 0.29) is 12.5 Å². The molecule has 174 valence electrons. The van der Waals surface area contributed by atoms with Crippen LogP contribution in [0.5, 0.6) is 0 Å². The van der Waals surface area contributed by atoms with Crippen molar-refractivity contribution in [3.63, 3.8) is 0 Å². The van der Waals surface area contributed by atoms with Crippen LogP contribution < -0.4 is 9.62 Å². The summed E-state index contributed by atoms with van der Waals surface area (Å²) in [6.45, 7) is 3.70. The molecular formula is C22H27BrClN3O4S. The van der Waals surface area contributed by atoms with Gasteiger partial charge >= 0.3 is 0 Å². The zero-order valence-corrected chi connectivity index (χ0v) is 21.4. The Bertz CT molecular complexity index is 1060. The van der Waals surface area contributed by atoms with Gasteiger partial charge in [-0.05, 0) is 49.2 Å². The van der Waals surface area contributed by atoms with Crippen molar-refractivity contribution in [2.24, 2.45) is 0 Å². The Morgan fingerprint density at radius 3 is 2.44 bits per heavy atom. The molecule has 1 N–H and O–H groups in total. The third kappa shape index (κ3) is 7.50. The highest BCUT2D eigenvalue weighted by molar-refractivity contribution is 9.10. The molecule has 0 heterocycles. The van der Waals surface area contributed by atoms with Gasteiger partial charge in [0.2, 0.25) is 21.8 Å². The van der Waals surface area contributed by atoms with Crippen molar-refractivity contribution in [2.45, 2.75) is 32.9 Å². The van der Waals surface area contributed by atoms with Crippen molar-refractivity contribution in [3.8, 4) is 0 Å². The second-order valence-corrected chi connectivity index (χ2v) is 10.6. The Balaban J connectivity index is 2.37. The van der Waals surface area contributed by atoms with Crippen LogP contribution in [0.15, 0.2) is 53.0 Å². The lowest BCUT2D eigenvalue weighted by Gasteiger charge is -2.31. The molecule has 2 aromatic rings. The highest BCUT2D eigenvalue weighted by atomic mass is 79.9. The van der Waals surface area contributed by atoms with E-state index in [1.165, 1.54) is 4.90 Å². The monoisotopic (exact) mass is 543 g/mol. The molecule has 0 fully saturated rings. The Morgan fingerprint density at radius 2 is 1.84 bits per heavy atom. The second-order valence-electron chi connectivity index (χ2n) is 7.37. The molecule has 0 saturated heterocycles. The molecule has 0 aliphatic rings. The number of carbonyl (C=O) groups excluding carboxylic acids is 2. The van der Waals surface area contributed by atoms with Crippen molar-refractivity contribution in [1.29, 1.82) is 0 Å². The molecule has 2 amide bonds. The first kappa shape index (κ1) is 26.2. The number of hydrogen-bond acceptors (Lipinski definition) is 4. The average molecular weight is 545 g/mol. The number of nitrogens with zero attached hydrogens (tertiary/aromatic N) is 2. The summed E-state index contributed by atoms with van der Waals surface area (Å²) in [5, 5.41) is 3.29. The lowest BCUT2D eigenvalue weighted by Crippen LogP contribution is -2.51. The van der Waals surface area contributed by atoms with E-state index in [0.717, 1.165) is 22.5 Å². The van der Waals surface area contributed by atoms with Gasteiger partial charge in [-0.1, -0.05) is 52.7 Å². The van der Waals surface area contributed by atoms with Gasteiger partial charge in [0.25, 0.3) is 0 Å². The summed E-state index contributed by atoms with van der Waals surface area (Å²) in [4.78, 5) is 27.4. The van der Waals surface area contributed by atoms with Crippen LogP contribution in [0.3, 0.4) is 0 Å². The molecule has 0 radical (unpaired) electrons. The van der Waals surface area contributed by atoms with Crippen LogP contribution in [0.1, 0.15) is 25.8 Å². The van der Waals surface area contributed by atoms with Gasteiger partial charge in [0.15, 0.2) is 0 Å². The smallest absolute Gasteiger partial charge is 0.244 e. The molecule has 0 bridgehead atoms. The Morgan fingerprint density at radius 1 is 1.16 bits per heavy atom. The molecule has 0 saturated carbocycles. The van der Waals surface area contributed by atoms with E-state index in [1.807, 2.05) is 6.92 Å². The molecule has 2 rings (SSSR count). The van der Waals surface area contributed by atoms with Gasteiger partial charge < -0.3 is 10.2 Å². The van der Waals surface area contributed by atoms with Crippen molar-refractivity contribution in [3.05, 3.63) is 63.6 Å². The maximum atomic E-state index is 13.4. The number of hydrogen-bond donors (Lipinski definition) is 1. The highest BCUT2D eigenvalue weighted by Gasteiger charge is 2.30. The summed E-state index contributed by atoms with van der Waals surface area (Å²) in [5.41, 5.74) is 1.08. The molecule has 1 unspecified atom stereocenters. The zero-order chi connectivity index (χ0) is 23.9. The Labute approximate surface area is 202 Å². The lowest BCUT2D eigenvalue weighted by molar-refractivity contribution is -0.139. The predicted octanol–water partition coefficient (Wildman–Crippen LogP) is 3.81. The normalized spacial score (nSPS) is 12.2. The highest BCUT2D eigenvalue weighted by Crippen LogP contribution is 2.23. The minimum absolute atomic E-state index is 0.107. The van der Waals surface area contributed by atoms with E-state index >= 15 is 0 Å². The largest absolute Gasteiger partial charge is 0.354 e. The van der Waals surface area contributed by atoms with Crippen LogP contribution in [-0.4, -0.2) is 50.5 Å². The molecule has 0 aliphatic carbocycles. The van der Waals surface area contributed by atoms with Crippen LogP contribution in [0.2, 0.25) is 5.02 Å². The molecule has 0 aliphatic heterocycles. The van der Waals surface area contributed by atoms with E-state index in [4.69, 9.17) is 11.6 Å². The van der Waals surface area contributed by atoms with E-state index in [0.29, 0.717) is 21.7 Å². The fourth-order valence-electron chi connectivity index (χ4n) is 3.06. The fraction of sp³-hybridized carbons (Fsp3) is 0.364. The molecular weight excluding hydrogens is 518 g/mol. The lowest BCUT2D eigenvalue weighted by atomic mass is 10.1. The van der Waals surface area contributed by atoms with Gasteiger partial charge in [0, 0.05) is 22.6 Å².